The first kappa shape index (κ1) is 14.0. The number of hydrogen-bond acceptors (Lipinski definition) is 4. The predicted octanol–water partition coefficient (Wildman–Crippen LogP) is 1.54. The molecule has 5 nitrogen and oxygen atoms in total. The number of nitriles is 1. The monoisotopic (exact) mass is 248 g/mol. The van der Waals surface area contributed by atoms with E-state index in [0.717, 1.165) is 0 Å². The Labute approximate surface area is 106 Å². The molecule has 5 heteroatoms. The molecule has 18 heavy (non-hydrogen) atoms. The van der Waals surface area contributed by atoms with Gasteiger partial charge in [0.15, 0.2) is 0 Å². The van der Waals surface area contributed by atoms with Crippen LogP contribution in [-0.4, -0.2) is 16.6 Å². The lowest BCUT2D eigenvalue weighted by atomic mass is 10.2. The number of esters is 1. The summed E-state index contributed by atoms with van der Waals surface area (Å²) in [5.41, 5.74) is 0.169. The van der Waals surface area contributed by atoms with Crippen molar-refractivity contribution in [2.45, 2.75) is 39.8 Å². The Morgan fingerprint density at radius 2 is 2.00 bits per heavy atom. The minimum Gasteiger partial charge on any atom is -0.461 e. The number of hydrogen-bond donors (Lipinski definition) is 0. The summed E-state index contributed by atoms with van der Waals surface area (Å²) in [7, 11) is 0. The van der Waals surface area contributed by atoms with Crippen LogP contribution in [0.2, 0.25) is 0 Å². The minimum atomic E-state index is -0.742. The van der Waals surface area contributed by atoms with Crippen molar-refractivity contribution < 1.29 is 9.53 Å². The van der Waals surface area contributed by atoms with Crippen LogP contribution >= 0.6 is 0 Å². The molecular weight excluding hydrogens is 232 g/mol. The van der Waals surface area contributed by atoms with Crippen LogP contribution in [0.5, 0.6) is 0 Å². The van der Waals surface area contributed by atoms with Crippen molar-refractivity contribution in [3.8, 4) is 6.07 Å². The maximum Gasteiger partial charge on any atom is 0.329 e. The number of aryl methyl sites for hydroxylation is 1. The molecule has 0 N–H and O–H groups in total. The average Bonchev–Trinajstić information content (AvgIpc) is 2.28. The molecule has 0 spiro atoms. The van der Waals surface area contributed by atoms with E-state index in [0.29, 0.717) is 5.69 Å². The highest BCUT2D eigenvalue weighted by Crippen LogP contribution is 2.10. The smallest absolute Gasteiger partial charge is 0.329 e. The normalized spacial score (nSPS) is 12.0. The van der Waals surface area contributed by atoms with Crippen LogP contribution in [0.15, 0.2) is 16.9 Å². The van der Waals surface area contributed by atoms with E-state index in [-0.39, 0.29) is 11.7 Å². The predicted molar refractivity (Wildman–Crippen MR) is 66.1 cm³/mol. The van der Waals surface area contributed by atoms with Crippen LogP contribution < -0.4 is 5.56 Å². The van der Waals surface area contributed by atoms with E-state index in [1.54, 1.807) is 33.8 Å². The Morgan fingerprint density at radius 3 is 2.50 bits per heavy atom. The third-order valence-electron chi connectivity index (χ3n) is 2.52. The van der Waals surface area contributed by atoms with Crippen molar-refractivity contribution in [1.29, 1.82) is 5.26 Å². The summed E-state index contributed by atoms with van der Waals surface area (Å²) in [6, 6.07) is 4.16. The molecule has 1 rings (SSSR count). The van der Waals surface area contributed by atoms with Crippen LogP contribution in [0.1, 0.15) is 38.1 Å². The maximum absolute atomic E-state index is 12.0. The van der Waals surface area contributed by atoms with Crippen molar-refractivity contribution in [1.82, 2.24) is 4.57 Å². The van der Waals surface area contributed by atoms with Gasteiger partial charge in [-0.15, -0.1) is 0 Å². The molecule has 0 bridgehead atoms. The van der Waals surface area contributed by atoms with Gasteiger partial charge < -0.3 is 4.74 Å². The Kier molecular flexibility index (Phi) is 4.27. The second-order valence-electron chi connectivity index (χ2n) is 4.34. The largest absolute Gasteiger partial charge is 0.461 e. The molecule has 0 saturated heterocycles. The third kappa shape index (κ3) is 2.77. The molecule has 1 unspecified atom stereocenters. The van der Waals surface area contributed by atoms with Crippen LogP contribution in [-0.2, 0) is 9.53 Å². The van der Waals surface area contributed by atoms with Crippen molar-refractivity contribution in [3.63, 3.8) is 0 Å². The number of carbonyl (C=O) groups is 1. The van der Waals surface area contributed by atoms with Crippen molar-refractivity contribution in [2.24, 2.45) is 0 Å². The van der Waals surface area contributed by atoms with Crippen molar-refractivity contribution >= 4 is 5.97 Å². The maximum atomic E-state index is 12.0. The molecule has 0 aliphatic rings. The van der Waals surface area contributed by atoms with Gasteiger partial charge in [-0.3, -0.25) is 9.36 Å². The van der Waals surface area contributed by atoms with E-state index in [1.165, 1.54) is 10.6 Å². The molecule has 0 radical (unpaired) electrons. The molecule has 1 aromatic heterocycles. The summed E-state index contributed by atoms with van der Waals surface area (Å²) >= 11 is 0. The summed E-state index contributed by atoms with van der Waals surface area (Å²) in [4.78, 5) is 23.8. The molecule has 0 aliphatic carbocycles. The summed E-state index contributed by atoms with van der Waals surface area (Å²) in [6.07, 6.45) is -0.241. The third-order valence-corrected chi connectivity index (χ3v) is 2.52. The SMILES string of the molecule is Cc1ccc(C#N)c(=O)n1C(C)C(=O)OC(C)C. The van der Waals surface area contributed by atoms with Gasteiger partial charge in [0.1, 0.15) is 17.7 Å². The van der Waals surface area contributed by atoms with Crippen molar-refractivity contribution in [3.05, 3.63) is 33.7 Å². The first-order chi connectivity index (χ1) is 8.38. The Morgan fingerprint density at radius 1 is 1.39 bits per heavy atom. The highest BCUT2D eigenvalue weighted by Gasteiger charge is 2.21. The molecule has 1 heterocycles. The minimum absolute atomic E-state index is 0.0183. The molecule has 0 saturated carbocycles. The van der Waals surface area contributed by atoms with E-state index < -0.39 is 17.6 Å². The highest BCUT2D eigenvalue weighted by atomic mass is 16.5. The van der Waals surface area contributed by atoms with E-state index >= 15 is 0 Å². The first-order valence-corrected chi connectivity index (χ1v) is 5.71. The van der Waals surface area contributed by atoms with Gasteiger partial charge in [0.05, 0.1) is 6.10 Å². The molecule has 0 aromatic carbocycles. The highest BCUT2D eigenvalue weighted by molar-refractivity contribution is 5.74. The second-order valence-corrected chi connectivity index (χ2v) is 4.34. The zero-order chi connectivity index (χ0) is 13.9. The molecular formula is C13H16N2O3. The summed E-state index contributed by atoms with van der Waals surface area (Å²) in [6.45, 7) is 6.78. The Hall–Kier alpha value is -2.09. The van der Waals surface area contributed by atoms with Gasteiger partial charge in [0.2, 0.25) is 0 Å². The van der Waals surface area contributed by atoms with Gasteiger partial charge in [-0.05, 0) is 39.8 Å². The number of carbonyl (C=O) groups excluding carboxylic acids is 1. The number of aromatic nitrogens is 1. The molecule has 1 atom stereocenters. The van der Waals surface area contributed by atoms with Gasteiger partial charge in [-0.2, -0.15) is 5.26 Å². The Balaban J connectivity index is 3.21. The molecule has 96 valence electrons. The molecule has 0 fully saturated rings. The molecule has 0 aliphatic heterocycles. The fourth-order valence-corrected chi connectivity index (χ4v) is 1.65. The molecule has 1 aromatic rings. The van der Waals surface area contributed by atoms with Crippen LogP contribution in [0.4, 0.5) is 0 Å². The van der Waals surface area contributed by atoms with Gasteiger partial charge in [-0.25, -0.2) is 4.79 Å². The second kappa shape index (κ2) is 5.50. The average molecular weight is 248 g/mol. The first-order valence-electron chi connectivity index (χ1n) is 5.71. The van der Waals surface area contributed by atoms with E-state index in [2.05, 4.69) is 0 Å². The summed E-state index contributed by atoms with van der Waals surface area (Å²) < 4.78 is 6.35. The van der Waals surface area contributed by atoms with Gasteiger partial charge >= 0.3 is 5.97 Å². The number of nitrogens with zero attached hydrogens (tertiary/aromatic N) is 2. The van der Waals surface area contributed by atoms with Gasteiger partial charge in [-0.1, -0.05) is 0 Å². The van der Waals surface area contributed by atoms with Gasteiger partial charge in [0, 0.05) is 5.69 Å². The van der Waals surface area contributed by atoms with Crippen LogP contribution in [0.3, 0.4) is 0 Å². The Bertz CT molecular complexity index is 552. The lowest BCUT2D eigenvalue weighted by molar-refractivity contribution is -0.151. The fraction of sp³-hybridized carbons (Fsp3) is 0.462. The lowest BCUT2D eigenvalue weighted by Crippen LogP contribution is -2.33. The van der Waals surface area contributed by atoms with E-state index in [9.17, 15) is 9.59 Å². The lowest BCUT2D eigenvalue weighted by Gasteiger charge is -2.18. The zero-order valence-electron chi connectivity index (χ0n) is 10.9. The van der Waals surface area contributed by atoms with Crippen molar-refractivity contribution in [2.75, 3.05) is 0 Å². The van der Waals surface area contributed by atoms with E-state index in [1.807, 2.05) is 6.07 Å². The van der Waals surface area contributed by atoms with Crippen LogP contribution in [0.25, 0.3) is 0 Å². The summed E-state index contributed by atoms with van der Waals surface area (Å²) in [5.74, 6) is -0.481. The summed E-state index contributed by atoms with van der Waals surface area (Å²) in [5, 5.41) is 8.82. The molecule has 0 amide bonds. The quantitative estimate of drug-likeness (QED) is 0.761. The topological polar surface area (TPSA) is 72.1 Å². The number of ether oxygens (including phenoxy) is 1. The number of rotatable bonds is 3. The van der Waals surface area contributed by atoms with Crippen LogP contribution in [0, 0.1) is 18.3 Å². The number of pyridine rings is 1. The standard InChI is InChI=1S/C13H16N2O3/c1-8(2)18-13(17)10(4)15-9(3)5-6-11(7-14)12(15)16/h5-6,8,10H,1-4H3. The van der Waals surface area contributed by atoms with Gasteiger partial charge in [0.25, 0.3) is 5.56 Å². The van der Waals surface area contributed by atoms with E-state index in [4.69, 9.17) is 10.00 Å². The fourth-order valence-electron chi connectivity index (χ4n) is 1.65. The zero-order valence-corrected chi connectivity index (χ0v) is 10.9.